The highest BCUT2D eigenvalue weighted by molar-refractivity contribution is 5.90. The third-order valence-electron chi connectivity index (χ3n) is 1.57. The summed E-state index contributed by atoms with van der Waals surface area (Å²) in [7, 11) is 0. The van der Waals surface area contributed by atoms with Gasteiger partial charge >= 0.3 is 6.03 Å². The fourth-order valence-corrected chi connectivity index (χ4v) is 1.01. The third-order valence-corrected chi connectivity index (χ3v) is 1.57. The highest BCUT2D eigenvalue weighted by Gasteiger charge is 2.04. The quantitative estimate of drug-likeness (QED) is 0.383. The molecule has 0 aromatic heterocycles. The Hall–Kier alpha value is -1.75. The number of nitrogens with one attached hydrogen (secondary N) is 2. The van der Waals surface area contributed by atoms with Crippen LogP contribution in [-0.4, -0.2) is 12.6 Å². The number of anilines is 1. The summed E-state index contributed by atoms with van der Waals surface area (Å²) in [6.45, 7) is 2.42. The number of para-hydroxylation sites is 2. The van der Waals surface area contributed by atoms with Gasteiger partial charge in [0.2, 0.25) is 0 Å². The van der Waals surface area contributed by atoms with Gasteiger partial charge in [0.05, 0.1) is 12.3 Å². The number of nitrogens with two attached hydrogens (primary N) is 1. The smallest absolute Gasteiger partial charge is 0.333 e. The van der Waals surface area contributed by atoms with Crippen LogP contribution in [0.3, 0.4) is 0 Å². The van der Waals surface area contributed by atoms with Gasteiger partial charge in [0.15, 0.2) is 0 Å². The zero-order valence-electron chi connectivity index (χ0n) is 7.91. The molecule has 76 valence electrons. The zero-order chi connectivity index (χ0) is 10.4. The highest BCUT2D eigenvalue weighted by Crippen LogP contribution is 2.23. The lowest BCUT2D eigenvalue weighted by Crippen LogP contribution is -2.34. The minimum Gasteiger partial charge on any atom is -0.492 e. The average Bonchev–Trinajstić information content (AvgIpc) is 2.21. The summed E-state index contributed by atoms with van der Waals surface area (Å²) in [5, 5.41) is 2.54. The van der Waals surface area contributed by atoms with Gasteiger partial charge in [-0.3, -0.25) is 5.43 Å². The molecule has 1 aromatic rings. The van der Waals surface area contributed by atoms with Crippen LogP contribution in [0.15, 0.2) is 24.3 Å². The van der Waals surface area contributed by atoms with Gasteiger partial charge < -0.3 is 10.1 Å². The number of hydrogen-bond donors (Lipinski definition) is 3. The van der Waals surface area contributed by atoms with E-state index in [9.17, 15) is 4.79 Å². The molecule has 0 saturated carbocycles. The van der Waals surface area contributed by atoms with Crippen LogP contribution in [0.5, 0.6) is 5.75 Å². The normalized spacial score (nSPS) is 9.29. The number of hydrogen-bond acceptors (Lipinski definition) is 3. The fraction of sp³-hybridized carbons (Fsp3) is 0.222. The molecule has 0 aliphatic carbocycles. The van der Waals surface area contributed by atoms with Crippen LogP contribution in [0.2, 0.25) is 0 Å². The predicted molar refractivity (Wildman–Crippen MR) is 54.0 cm³/mol. The van der Waals surface area contributed by atoms with Crippen molar-refractivity contribution in [3.8, 4) is 5.75 Å². The molecule has 0 heterocycles. The summed E-state index contributed by atoms with van der Waals surface area (Å²) < 4.78 is 5.30. The first-order chi connectivity index (χ1) is 6.77. The van der Waals surface area contributed by atoms with Crippen LogP contribution >= 0.6 is 0 Å². The van der Waals surface area contributed by atoms with E-state index in [0.717, 1.165) is 0 Å². The van der Waals surface area contributed by atoms with Crippen LogP contribution in [0.1, 0.15) is 6.92 Å². The monoisotopic (exact) mass is 195 g/mol. The molecule has 14 heavy (non-hydrogen) atoms. The van der Waals surface area contributed by atoms with E-state index < -0.39 is 6.03 Å². The van der Waals surface area contributed by atoms with Gasteiger partial charge in [-0.1, -0.05) is 12.1 Å². The first-order valence-electron chi connectivity index (χ1n) is 4.27. The van der Waals surface area contributed by atoms with Crippen LogP contribution in [0, 0.1) is 0 Å². The van der Waals surface area contributed by atoms with E-state index in [2.05, 4.69) is 5.32 Å². The van der Waals surface area contributed by atoms with E-state index in [1.807, 2.05) is 18.4 Å². The molecule has 0 spiro atoms. The largest absolute Gasteiger partial charge is 0.492 e. The molecule has 0 aliphatic rings. The second-order valence-corrected chi connectivity index (χ2v) is 2.53. The van der Waals surface area contributed by atoms with Crippen molar-refractivity contribution in [3.63, 3.8) is 0 Å². The summed E-state index contributed by atoms with van der Waals surface area (Å²) in [6, 6.07) is 6.67. The number of hydrazine groups is 1. The predicted octanol–water partition coefficient (Wildman–Crippen LogP) is 1.08. The SMILES string of the molecule is CCOc1ccccc1NC(=O)NN. The Kier molecular flexibility index (Phi) is 3.75. The number of ether oxygens (including phenoxy) is 1. The Morgan fingerprint density at radius 1 is 1.50 bits per heavy atom. The van der Waals surface area contributed by atoms with Gasteiger partial charge in [-0.15, -0.1) is 0 Å². The summed E-state index contributed by atoms with van der Waals surface area (Å²) in [5.41, 5.74) is 2.57. The zero-order valence-corrected chi connectivity index (χ0v) is 7.91. The fourth-order valence-electron chi connectivity index (χ4n) is 1.01. The van der Waals surface area contributed by atoms with Crippen molar-refractivity contribution in [2.24, 2.45) is 5.84 Å². The van der Waals surface area contributed by atoms with E-state index in [4.69, 9.17) is 10.6 Å². The molecular formula is C9H13N3O2. The third kappa shape index (κ3) is 2.63. The van der Waals surface area contributed by atoms with Crippen molar-refractivity contribution in [2.75, 3.05) is 11.9 Å². The standard InChI is InChI=1S/C9H13N3O2/c1-2-14-8-6-4-3-5-7(8)11-9(13)12-10/h3-6H,2,10H2,1H3,(H2,11,12,13). The summed E-state index contributed by atoms with van der Waals surface area (Å²) in [5.74, 6) is 5.56. The Bertz CT molecular complexity index is 315. The summed E-state index contributed by atoms with van der Waals surface area (Å²) in [4.78, 5) is 10.9. The number of amides is 2. The Labute approximate surface area is 82.2 Å². The van der Waals surface area contributed by atoms with Gasteiger partial charge in [0.25, 0.3) is 0 Å². The molecule has 1 aromatic carbocycles. The van der Waals surface area contributed by atoms with E-state index in [1.165, 1.54) is 0 Å². The lowest BCUT2D eigenvalue weighted by molar-refractivity contribution is 0.252. The van der Waals surface area contributed by atoms with Gasteiger partial charge in [-0.25, -0.2) is 10.6 Å². The number of benzene rings is 1. The number of carbonyl (C=O) groups excluding carboxylic acids is 1. The summed E-state index contributed by atoms with van der Waals surface area (Å²) >= 11 is 0. The highest BCUT2D eigenvalue weighted by atomic mass is 16.5. The van der Waals surface area contributed by atoms with E-state index >= 15 is 0 Å². The molecule has 5 heteroatoms. The minimum absolute atomic E-state index is 0.475. The molecule has 5 nitrogen and oxygen atoms in total. The van der Waals surface area contributed by atoms with Gasteiger partial charge in [-0.2, -0.15) is 0 Å². The first kappa shape index (κ1) is 10.3. The Morgan fingerprint density at radius 3 is 2.86 bits per heavy atom. The topological polar surface area (TPSA) is 76.4 Å². The van der Waals surface area contributed by atoms with E-state index in [0.29, 0.717) is 18.0 Å². The van der Waals surface area contributed by atoms with Crippen LogP contribution in [-0.2, 0) is 0 Å². The molecule has 0 fully saturated rings. The van der Waals surface area contributed by atoms with Gasteiger partial charge in [0, 0.05) is 0 Å². The van der Waals surface area contributed by atoms with E-state index in [-0.39, 0.29) is 0 Å². The molecule has 1 rings (SSSR count). The molecule has 0 bridgehead atoms. The molecule has 2 amide bonds. The molecule has 0 unspecified atom stereocenters. The minimum atomic E-state index is -0.475. The maximum atomic E-state index is 10.9. The molecular weight excluding hydrogens is 182 g/mol. The average molecular weight is 195 g/mol. The van der Waals surface area contributed by atoms with Crippen molar-refractivity contribution in [2.45, 2.75) is 6.92 Å². The van der Waals surface area contributed by atoms with Gasteiger partial charge in [0.1, 0.15) is 5.75 Å². The molecule has 0 radical (unpaired) electrons. The maximum Gasteiger partial charge on any atom is 0.333 e. The van der Waals surface area contributed by atoms with Crippen molar-refractivity contribution < 1.29 is 9.53 Å². The second kappa shape index (κ2) is 5.08. The van der Waals surface area contributed by atoms with Crippen LogP contribution in [0.25, 0.3) is 0 Å². The lowest BCUT2D eigenvalue weighted by Gasteiger charge is -2.10. The van der Waals surface area contributed by atoms with Crippen molar-refractivity contribution in [3.05, 3.63) is 24.3 Å². The van der Waals surface area contributed by atoms with Gasteiger partial charge in [-0.05, 0) is 19.1 Å². The molecule has 0 atom stereocenters. The summed E-state index contributed by atoms with van der Waals surface area (Å²) in [6.07, 6.45) is 0. The number of carbonyl (C=O) groups is 1. The van der Waals surface area contributed by atoms with Crippen molar-refractivity contribution >= 4 is 11.7 Å². The maximum absolute atomic E-state index is 10.9. The van der Waals surface area contributed by atoms with E-state index in [1.54, 1.807) is 18.2 Å². The number of urea groups is 1. The van der Waals surface area contributed by atoms with Crippen LogP contribution in [0.4, 0.5) is 10.5 Å². The lowest BCUT2D eigenvalue weighted by atomic mass is 10.3. The van der Waals surface area contributed by atoms with Crippen molar-refractivity contribution in [1.29, 1.82) is 0 Å². The Morgan fingerprint density at radius 2 is 2.21 bits per heavy atom. The molecule has 0 saturated heterocycles. The molecule has 0 aliphatic heterocycles. The van der Waals surface area contributed by atoms with Crippen LogP contribution < -0.4 is 21.3 Å². The second-order valence-electron chi connectivity index (χ2n) is 2.53. The Balaban J connectivity index is 2.78. The number of rotatable bonds is 3. The molecule has 4 N–H and O–H groups in total. The first-order valence-corrected chi connectivity index (χ1v) is 4.27. The van der Waals surface area contributed by atoms with Crippen molar-refractivity contribution in [1.82, 2.24) is 5.43 Å².